The van der Waals surface area contributed by atoms with Gasteiger partial charge in [0.15, 0.2) is 0 Å². The zero-order chi connectivity index (χ0) is 19.9. The number of aryl methyl sites for hydroxylation is 1. The molecule has 0 aliphatic carbocycles. The van der Waals surface area contributed by atoms with Crippen molar-refractivity contribution < 1.29 is 14.1 Å². The quantitative estimate of drug-likeness (QED) is 0.380. The van der Waals surface area contributed by atoms with E-state index < -0.39 is 10.8 Å². The van der Waals surface area contributed by atoms with Crippen molar-refractivity contribution >= 4 is 23.7 Å². The van der Waals surface area contributed by atoms with Crippen molar-refractivity contribution in [2.75, 3.05) is 5.32 Å². The van der Waals surface area contributed by atoms with E-state index in [1.54, 1.807) is 12.1 Å². The number of nitrogens with zero attached hydrogens (tertiary/aromatic N) is 3. The SMILES string of the molecule is CCc1ccc(Cc2nnc(NC(=O)C=Cc3cccc([N+](=O)[O-])c3)o2)cc1. The van der Waals surface area contributed by atoms with Crippen molar-refractivity contribution in [3.63, 3.8) is 0 Å². The molecule has 1 aromatic heterocycles. The number of amides is 1. The first-order valence-electron chi connectivity index (χ1n) is 8.67. The molecule has 8 nitrogen and oxygen atoms in total. The van der Waals surface area contributed by atoms with Gasteiger partial charge in [0, 0.05) is 18.2 Å². The van der Waals surface area contributed by atoms with Crippen LogP contribution in [0.3, 0.4) is 0 Å². The fourth-order valence-electron chi connectivity index (χ4n) is 2.50. The van der Waals surface area contributed by atoms with E-state index in [0.717, 1.165) is 12.0 Å². The standard InChI is InChI=1S/C20H18N4O4/c1-2-14-6-8-16(9-7-14)13-19-22-23-20(28-19)21-18(25)11-10-15-4-3-5-17(12-15)24(26)27/h3-12H,2,13H2,1H3,(H,21,23,25). The van der Waals surface area contributed by atoms with Gasteiger partial charge in [-0.05, 0) is 29.2 Å². The molecule has 0 spiro atoms. The molecular weight excluding hydrogens is 360 g/mol. The van der Waals surface area contributed by atoms with Crippen molar-refractivity contribution in [1.82, 2.24) is 10.2 Å². The summed E-state index contributed by atoms with van der Waals surface area (Å²) >= 11 is 0. The van der Waals surface area contributed by atoms with Crippen molar-refractivity contribution in [1.29, 1.82) is 0 Å². The van der Waals surface area contributed by atoms with E-state index in [0.29, 0.717) is 17.9 Å². The molecule has 1 N–H and O–H groups in total. The van der Waals surface area contributed by atoms with Crippen LogP contribution in [0.2, 0.25) is 0 Å². The lowest BCUT2D eigenvalue weighted by molar-refractivity contribution is -0.384. The zero-order valence-electron chi connectivity index (χ0n) is 15.2. The maximum absolute atomic E-state index is 12.0. The molecule has 0 radical (unpaired) electrons. The maximum atomic E-state index is 12.0. The molecule has 0 bridgehead atoms. The van der Waals surface area contributed by atoms with Crippen LogP contribution in [0.1, 0.15) is 29.5 Å². The molecule has 3 rings (SSSR count). The highest BCUT2D eigenvalue weighted by atomic mass is 16.6. The van der Waals surface area contributed by atoms with E-state index >= 15 is 0 Å². The number of anilines is 1. The Morgan fingerprint density at radius 2 is 1.93 bits per heavy atom. The van der Waals surface area contributed by atoms with Gasteiger partial charge in [0.2, 0.25) is 5.89 Å². The Morgan fingerprint density at radius 1 is 1.18 bits per heavy atom. The van der Waals surface area contributed by atoms with E-state index in [1.165, 1.54) is 29.8 Å². The molecule has 0 atom stereocenters. The molecule has 0 aliphatic rings. The Bertz CT molecular complexity index is 1010. The molecule has 142 valence electrons. The van der Waals surface area contributed by atoms with Gasteiger partial charge in [-0.15, -0.1) is 5.10 Å². The molecule has 28 heavy (non-hydrogen) atoms. The number of carbonyl (C=O) groups excluding carboxylic acids is 1. The first-order valence-corrected chi connectivity index (χ1v) is 8.67. The van der Waals surface area contributed by atoms with Gasteiger partial charge in [0.1, 0.15) is 0 Å². The van der Waals surface area contributed by atoms with E-state index in [-0.39, 0.29) is 11.7 Å². The lowest BCUT2D eigenvalue weighted by Gasteiger charge is -1.99. The fraction of sp³-hybridized carbons (Fsp3) is 0.150. The Balaban J connectivity index is 1.58. The van der Waals surface area contributed by atoms with Gasteiger partial charge in [-0.3, -0.25) is 20.2 Å². The van der Waals surface area contributed by atoms with Crippen LogP contribution in [0.25, 0.3) is 6.08 Å². The summed E-state index contributed by atoms with van der Waals surface area (Å²) in [6, 6.07) is 14.1. The van der Waals surface area contributed by atoms with Gasteiger partial charge in [0.25, 0.3) is 11.6 Å². The summed E-state index contributed by atoms with van der Waals surface area (Å²) in [5, 5.41) is 21.0. The molecule has 1 amide bonds. The third kappa shape index (κ3) is 5.10. The van der Waals surface area contributed by atoms with Crippen molar-refractivity contribution in [2.24, 2.45) is 0 Å². The van der Waals surface area contributed by atoms with Crippen LogP contribution in [0.5, 0.6) is 0 Å². The van der Waals surface area contributed by atoms with Crippen LogP contribution in [-0.2, 0) is 17.6 Å². The molecule has 0 fully saturated rings. The predicted molar refractivity (Wildman–Crippen MR) is 104 cm³/mol. The van der Waals surface area contributed by atoms with E-state index in [9.17, 15) is 14.9 Å². The number of nitro groups is 1. The summed E-state index contributed by atoms with van der Waals surface area (Å²) in [6.45, 7) is 2.09. The van der Waals surface area contributed by atoms with Gasteiger partial charge >= 0.3 is 6.01 Å². The number of benzene rings is 2. The Kier molecular flexibility index (Phi) is 5.91. The normalized spacial score (nSPS) is 10.9. The summed E-state index contributed by atoms with van der Waals surface area (Å²) in [5.74, 6) is -0.0868. The van der Waals surface area contributed by atoms with Crippen molar-refractivity contribution in [2.45, 2.75) is 19.8 Å². The van der Waals surface area contributed by atoms with E-state index in [2.05, 4.69) is 22.4 Å². The van der Waals surface area contributed by atoms with E-state index in [4.69, 9.17) is 4.42 Å². The van der Waals surface area contributed by atoms with Gasteiger partial charge < -0.3 is 4.42 Å². The molecule has 8 heteroatoms. The van der Waals surface area contributed by atoms with Crippen LogP contribution in [0.4, 0.5) is 11.7 Å². The molecule has 0 aliphatic heterocycles. The molecule has 0 saturated carbocycles. The summed E-state index contributed by atoms with van der Waals surface area (Å²) in [4.78, 5) is 22.3. The Hall–Kier alpha value is -3.81. The number of nitro benzene ring substituents is 1. The number of nitrogens with one attached hydrogen (secondary N) is 1. The van der Waals surface area contributed by atoms with Crippen molar-refractivity contribution in [3.8, 4) is 0 Å². The number of carbonyl (C=O) groups is 1. The van der Waals surface area contributed by atoms with E-state index in [1.807, 2.05) is 24.3 Å². The number of non-ortho nitro benzene ring substituents is 1. The summed E-state index contributed by atoms with van der Waals surface area (Å²) in [6.07, 6.45) is 4.15. The minimum absolute atomic E-state index is 0.00568. The minimum Gasteiger partial charge on any atom is -0.407 e. The lowest BCUT2D eigenvalue weighted by atomic mass is 10.1. The lowest BCUT2D eigenvalue weighted by Crippen LogP contribution is -2.07. The zero-order valence-corrected chi connectivity index (χ0v) is 15.2. The second-order valence-corrected chi connectivity index (χ2v) is 6.02. The first kappa shape index (κ1) is 19.0. The van der Waals surface area contributed by atoms with Crippen LogP contribution in [0, 0.1) is 10.1 Å². The predicted octanol–water partition coefficient (Wildman–Crippen LogP) is 3.78. The first-order chi connectivity index (χ1) is 13.5. The fourth-order valence-corrected chi connectivity index (χ4v) is 2.50. The molecule has 0 saturated heterocycles. The van der Waals surface area contributed by atoms with Crippen molar-refractivity contribution in [3.05, 3.63) is 87.3 Å². The van der Waals surface area contributed by atoms with Gasteiger partial charge in [-0.2, -0.15) is 0 Å². The van der Waals surface area contributed by atoms with Crippen LogP contribution in [0.15, 0.2) is 59.0 Å². The minimum atomic E-state index is -0.493. The third-order valence-electron chi connectivity index (χ3n) is 3.99. The third-order valence-corrected chi connectivity index (χ3v) is 3.99. The van der Waals surface area contributed by atoms with Crippen LogP contribution >= 0.6 is 0 Å². The van der Waals surface area contributed by atoms with Crippen LogP contribution in [-0.4, -0.2) is 21.0 Å². The number of hydrogen-bond acceptors (Lipinski definition) is 6. The highest BCUT2D eigenvalue weighted by Gasteiger charge is 2.09. The molecular formula is C20H18N4O4. The average molecular weight is 378 g/mol. The highest BCUT2D eigenvalue weighted by Crippen LogP contribution is 2.15. The summed E-state index contributed by atoms with van der Waals surface area (Å²) in [7, 11) is 0. The summed E-state index contributed by atoms with van der Waals surface area (Å²) < 4.78 is 5.44. The Morgan fingerprint density at radius 3 is 2.64 bits per heavy atom. The van der Waals surface area contributed by atoms with Crippen LogP contribution < -0.4 is 5.32 Å². The number of aromatic nitrogens is 2. The molecule has 2 aromatic carbocycles. The molecule has 0 unspecified atom stereocenters. The second kappa shape index (κ2) is 8.72. The van der Waals surface area contributed by atoms with Gasteiger partial charge in [-0.1, -0.05) is 48.4 Å². The summed E-state index contributed by atoms with van der Waals surface area (Å²) in [5.41, 5.74) is 2.77. The topological polar surface area (TPSA) is 111 Å². The monoisotopic (exact) mass is 378 g/mol. The second-order valence-electron chi connectivity index (χ2n) is 6.02. The largest absolute Gasteiger partial charge is 0.407 e. The maximum Gasteiger partial charge on any atom is 0.322 e. The number of rotatable bonds is 7. The average Bonchev–Trinajstić information content (AvgIpc) is 3.14. The molecule has 3 aromatic rings. The Labute approximate surface area is 161 Å². The number of hydrogen-bond donors (Lipinski definition) is 1. The van der Waals surface area contributed by atoms with Gasteiger partial charge in [-0.25, -0.2) is 0 Å². The smallest absolute Gasteiger partial charge is 0.322 e. The molecule has 1 heterocycles. The van der Waals surface area contributed by atoms with Gasteiger partial charge in [0.05, 0.1) is 11.3 Å². The highest BCUT2D eigenvalue weighted by molar-refractivity contribution is 6.00.